The Hall–Kier alpha value is -1.10. The van der Waals surface area contributed by atoms with Crippen molar-refractivity contribution in [2.75, 3.05) is 13.1 Å². The van der Waals surface area contributed by atoms with Gasteiger partial charge in [0.05, 0.1) is 12.0 Å². The van der Waals surface area contributed by atoms with Crippen LogP contribution < -0.4 is 11.5 Å². The van der Waals surface area contributed by atoms with Gasteiger partial charge in [0.2, 0.25) is 11.8 Å². The topological polar surface area (TPSA) is 89.4 Å². The Balaban J connectivity index is 2.47. The lowest BCUT2D eigenvalue weighted by Crippen LogP contribution is -2.43. The molecule has 0 spiro atoms. The molecule has 1 unspecified atom stereocenters. The van der Waals surface area contributed by atoms with Crippen molar-refractivity contribution < 1.29 is 9.59 Å². The molecule has 0 aliphatic carbocycles. The van der Waals surface area contributed by atoms with E-state index in [-0.39, 0.29) is 17.7 Å². The first-order valence-electron chi connectivity index (χ1n) is 5.75. The summed E-state index contributed by atoms with van der Waals surface area (Å²) in [5.74, 6) is -0.186. The third-order valence-corrected chi connectivity index (χ3v) is 2.94. The summed E-state index contributed by atoms with van der Waals surface area (Å²) in [5.41, 5.74) is 11.0. The summed E-state index contributed by atoms with van der Waals surface area (Å²) in [4.78, 5) is 24.5. The van der Waals surface area contributed by atoms with Gasteiger partial charge in [-0.25, -0.2) is 0 Å². The summed E-state index contributed by atoms with van der Waals surface area (Å²) < 4.78 is 0. The van der Waals surface area contributed by atoms with Crippen LogP contribution in [0.1, 0.15) is 26.7 Å². The molecule has 0 saturated carbocycles. The van der Waals surface area contributed by atoms with Crippen molar-refractivity contribution in [3.05, 3.63) is 0 Å². The maximum absolute atomic E-state index is 11.9. The molecule has 4 N–H and O–H groups in total. The number of carbonyl (C=O) groups is 2. The van der Waals surface area contributed by atoms with E-state index < -0.39 is 6.04 Å². The highest BCUT2D eigenvalue weighted by atomic mass is 16.2. The van der Waals surface area contributed by atoms with Crippen LogP contribution in [0.4, 0.5) is 0 Å². The van der Waals surface area contributed by atoms with Gasteiger partial charge >= 0.3 is 0 Å². The largest absolute Gasteiger partial charge is 0.369 e. The molecular weight excluding hydrogens is 206 g/mol. The zero-order valence-corrected chi connectivity index (χ0v) is 9.98. The minimum absolute atomic E-state index is 0.0579. The smallest absolute Gasteiger partial charge is 0.239 e. The summed E-state index contributed by atoms with van der Waals surface area (Å²) >= 11 is 0. The van der Waals surface area contributed by atoms with E-state index in [9.17, 15) is 9.59 Å². The Morgan fingerprint density at radius 1 is 1.44 bits per heavy atom. The third-order valence-electron chi connectivity index (χ3n) is 2.94. The second-order valence-electron chi connectivity index (χ2n) is 4.91. The molecule has 5 heteroatoms. The fraction of sp³-hybridized carbons (Fsp3) is 0.818. The number of nitrogens with two attached hydrogens (primary N) is 2. The monoisotopic (exact) mass is 227 g/mol. The highest BCUT2D eigenvalue weighted by Gasteiger charge is 2.31. The van der Waals surface area contributed by atoms with Gasteiger partial charge in [0.25, 0.3) is 0 Å². The van der Waals surface area contributed by atoms with Gasteiger partial charge in [0, 0.05) is 13.1 Å². The summed E-state index contributed by atoms with van der Waals surface area (Å²) in [6.07, 6.45) is 1.34. The fourth-order valence-electron chi connectivity index (χ4n) is 2.04. The van der Waals surface area contributed by atoms with Crippen LogP contribution in [0.25, 0.3) is 0 Å². The predicted molar refractivity (Wildman–Crippen MR) is 61.3 cm³/mol. The van der Waals surface area contributed by atoms with Crippen molar-refractivity contribution in [1.29, 1.82) is 0 Å². The number of nitrogens with zero attached hydrogens (tertiary/aromatic N) is 1. The average molecular weight is 227 g/mol. The Kier molecular flexibility index (Phi) is 4.29. The van der Waals surface area contributed by atoms with Crippen LogP contribution in [0, 0.1) is 11.8 Å². The van der Waals surface area contributed by atoms with Crippen molar-refractivity contribution in [1.82, 2.24) is 4.90 Å². The van der Waals surface area contributed by atoms with Gasteiger partial charge in [0.15, 0.2) is 0 Å². The highest BCUT2D eigenvalue weighted by molar-refractivity contribution is 5.84. The van der Waals surface area contributed by atoms with Crippen LogP contribution in [-0.4, -0.2) is 35.8 Å². The van der Waals surface area contributed by atoms with Crippen LogP contribution in [0.15, 0.2) is 0 Å². The van der Waals surface area contributed by atoms with Gasteiger partial charge in [-0.3, -0.25) is 9.59 Å². The number of likely N-dealkylation sites (tertiary alicyclic amines) is 1. The van der Waals surface area contributed by atoms with E-state index in [4.69, 9.17) is 11.5 Å². The second kappa shape index (κ2) is 5.30. The summed E-state index contributed by atoms with van der Waals surface area (Å²) in [6, 6.07) is -0.452. The van der Waals surface area contributed by atoms with Gasteiger partial charge in [-0.05, 0) is 18.8 Å². The van der Waals surface area contributed by atoms with E-state index in [0.717, 1.165) is 0 Å². The molecule has 0 aromatic heterocycles. The Bertz CT molecular complexity index is 278. The van der Waals surface area contributed by atoms with Crippen molar-refractivity contribution >= 4 is 11.8 Å². The quantitative estimate of drug-likeness (QED) is 0.690. The van der Waals surface area contributed by atoms with Gasteiger partial charge in [-0.1, -0.05) is 13.8 Å². The summed E-state index contributed by atoms with van der Waals surface area (Å²) in [7, 11) is 0. The van der Waals surface area contributed by atoms with Gasteiger partial charge < -0.3 is 16.4 Å². The molecule has 2 atom stereocenters. The number of hydrogen-bond donors (Lipinski definition) is 2. The van der Waals surface area contributed by atoms with E-state index in [0.29, 0.717) is 31.8 Å². The lowest BCUT2D eigenvalue weighted by molar-refractivity contribution is -0.132. The van der Waals surface area contributed by atoms with Crippen molar-refractivity contribution in [3.63, 3.8) is 0 Å². The summed E-state index contributed by atoms with van der Waals surface area (Å²) in [6.45, 7) is 5.09. The molecule has 1 aliphatic heterocycles. The molecule has 1 heterocycles. The van der Waals surface area contributed by atoms with Crippen molar-refractivity contribution in [3.8, 4) is 0 Å². The molecule has 1 fully saturated rings. The number of hydrogen-bond acceptors (Lipinski definition) is 3. The number of rotatable bonds is 4. The van der Waals surface area contributed by atoms with E-state index in [1.165, 1.54) is 0 Å². The Morgan fingerprint density at radius 2 is 2.06 bits per heavy atom. The normalized spacial score (nSPS) is 22.5. The van der Waals surface area contributed by atoms with Gasteiger partial charge in [-0.15, -0.1) is 0 Å². The first kappa shape index (κ1) is 13.0. The van der Waals surface area contributed by atoms with E-state index in [1.807, 2.05) is 13.8 Å². The predicted octanol–water partition coefficient (Wildman–Crippen LogP) is -0.306. The summed E-state index contributed by atoms with van der Waals surface area (Å²) in [5, 5.41) is 0. The maximum Gasteiger partial charge on any atom is 0.239 e. The zero-order chi connectivity index (χ0) is 12.3. The third kappa shape index (κ3) is 3.20. The van der Waals surface area contributed by atoms with E-state index in [2.05, 4.69) is 0 Å². The van der Waals surface area contributed by atoms with E-state index >= 15 is 0 Å². The highest BCUT2D eigenvalue weighted by Crippen LogP contribution is 2.17. The lowest BCUT2D eigenvalue weighted by Gasteiger charge is -2.21. The van der Waals surface area contributed by atoms with E-state index in [1.54, 1.807) is 4.90 Å². The number of primary amides is 1. The minimum Gasteiger partial charge on any atom is -0.369 e. The minimum atomic E-state index is -0.452. The van der Waals surface area contributed by atoms with Crippen LogP contribution in [0.5, 0.6) is 0 Å². The molecule has 5 nitrogen and oxygen atoms in total. The molecular formula is C11H21N3O2. The Morgan fingerprint density at radius 3 is 2.50 bits per heavy atom. The lowest BCUT2D eigenvalue weighted by atomic mass is 10.0. The van der Waals surface area contributed by atoms with Crippen molar-refractivity contribution in [2.24, 2.45) is 23.3 Å². The second-order valence-corrected chi connectivity index (χ2v) is 4.91. The van der Waals surface area contributed by atoms with Crippen LogP contribution in [0.3, 0.4) is 0 Å². The standard InChI is InChI=1S/C11H21N3O2/c1-7(2)5-9(12)11(16)14-4-3-8(6-14)10(13)15/h7-9H,3-6,12H2,1-2H3,(H2,13,15)/t8?,9-/m1/s1. The van der Waals surface area contributed by atoms with Crippen LogP contribution in [-0.2, 0) is 9.59 Å². The molecule has 1 rings (SSSR count). The SMILES string of the molecule is CC(C)C[C@@H](N)C(=O)N1CCC(C(N)=O)C1. The first-order valence-corrected chi connectivity index (χ1v) is 5.75. The van der Waals surface area contributed by atoms with Crippen LogP contribution >= 0.6 is 0 Å². The molecule has 0 bridgehead atoms. The fourth-order valence-corrected chi connectivity index (χ4v) is 2.04. The maximum atomic E-state index is 11.9. The molecule has 1 aliphatic rings. The molecule has 1 saturated heterocycles. The molecule has 0 aromatic carbocycles. The van der Waals surface area contributed by atoms with Crippen LogP contribution in [0.2, 0.25) is 0 Å². The zero-order valence-electron chi connectivity index (χ0n) is 9.98. The molecule has 92 valence electrons. The Labute approximate surface area is 96.1 Å². The molecule has 0 aromatic rings. The number of carbonyl (C=O) groups excluding carboxylic acids is 2. The number of amides is 2. The molecule has 0 radical (unpaired) electrons. The first-order chi connectivity index (χ1) is 7.41. The van der Waals surface area contributed by atoms with Crippen molar-refractivity contribution in [2.45, 2.75) is 32.7 Å². The van der Waals surface area contributed by atoms with Gasteiger partial charge in [-0.2, -0.15) is 0 Å². The molecule has 2 amide bonds. The van der Waals surface area contributed by atoms with Gasteiger partial charge in [0.1, 0.15) is 0 Å². The molecule has 16 heavy (non-hydrogen) atoms. The average Bonchev–Trinajstić information content (AvgIpc) is 2.64.